The number of rotatable bonds is 2. The number of hydrogen-bond donors (Lipinski definition) is 0. The van der Waals surface area contributed by atoms with Gasteiger partial charge in [0.15, 0.2) is 0 Å². The third-order valence-corrected chi connectivity index (χ3v) is 2.95. The highest BCUT2D eigenvalue weighted by Gasteiger charge is 2.09. The van der Waals surface area contributed by atoms with Crippen molar-refractivity contribution in [2.24, 2.45) is 0 Å². The van der Waals surface area contributed by atoms with Crippen LogP contribution in [0.5, 0.6) is 0 Å². The van der Waals surface area contributed by atoms with Crippen LogP contribution in [-0.4, -0.2) is 14.2 Å². The lowest BCUT2D eigenvalue weighted by Crippen LogP contribution is -2.22. The molecular formula is C13H13N3O. The summed E-state index contributed by atoms with van der Waals surface area (Å²) in [6.45, 7) is 2.79. The minimum atomic E-state index is 0.0652. The van der Waals surface area contributed by atoms with E-state index in [4.69, 9.17) is 0 Å². The van der Waals surface area contributed by atoms with E-state index in [9.17, 15) is 4.79 Å². The van der Waals surface area contributed by atoms with Crippen molar-refractivity contribution >= 4 is 16.6 Å². The number of benzene rings is 1. The Morgan fingerprint density at radius 1 is 1.24 bits per heavy atom. The topological polar surface area (TPSA) is 39.3 Å². The second kappa shape index (κ2) is 3.73. The number of aryl methyl sites for hydroxylation is 1. The van der Waals surface area contributed by atoms with Crippen molar-refractivity contribution in [3.8, 4) is 0 Å². The summed E-state index contributed by atoms with van der Waals surface area (Å²) in [6.07, 6.45) is 2.66. The second-order valence-corrected chi connectivity index (χ2v) is 4.08. The molecule has 0 bridgehead atoms. The monoisotopic (exact) mass is 227 g/mol. The number of fused-ring (bicyclic) bond motifs is 3. The number of nitrogens with zero attached hydrogens (tertiary/aromatic N) is 3. The predicted octanol–water partition coefficient (Wildman–Crippen LogP) is 2.06. The second-order valence-electron chi connectivity index (χ2n) is 4.08. The highest BCUT2D eigenvalue weighted by atomic mass is 16.1. The number of hydrogen-bond acceptors (Lipinski definition) is 2. The molecule has 2 heterocycles. The quantitative estimate of drug-likeness (QED) is 0.672. The van der Waals surface area contributed by atoms with Crippen molar-refractivity contribution in [2.75, 3.05) is 0 Å². The van der Waals surface area contributed by atoms with Gasteiger partial charge in [-0.05, 0) is 18.6 Å². The fraction of sp³-hybridized carbons (Fsp3) is 0.231. The Kier molecular flexibility index (Phi) is 2.21. The summed E-state index contributed by atoms with van der Waals surface area (Å²) >= 11 is 0. The largest absolute Gasteiger partial charge is 0.293 e. The molecule has 0 atom stereocenters. The Balaban J connectivity index is 2.56. The Morgan fingerprint density at radius 3 is 2.88 bits per heavy atom. The molecule has 0 N–H and O–H groups in total. The van der Waals surface area contributed by atoms with Gasteiger partial charge < -0.3 is 0 Å². The zero-order chi connectivity index (χ0) is 11.8. The molecule has 0 aliphatic heterocycles. The molecule has 0 radical (unpaired) electrons. The summed E-state index contributed by atoms with van der Waals surface area (Å²) in [6, 6.07) is 9.46. The molecule has 2 aromatic heterocycles. The van der Waals surface area contributed by atoms with Gasteiger partial charge in [0.25, 0.3) is 5.56 Å². The van der Waals surface area contributed by atoms with Gasteiger partial charge in [0, 0.05) is 12.6 Å². The lowest BCUT2D eigenvalue weighted by atomic mass is 10.2. The SMILES string of the molecule is CCCn1c(=O)c2ccccc2n2nccc12. The Hall–Kier alpha value is -2.10. The van der Waals surface area contributed by atoms with Crippen LogP contribution < -0.4 is 5.56 Å². The number of aromatic nitrogens is 3. The summed E-state index contributed by atoms with van der Waals surface area (Å²) in [5.41, 5.74) is 1.79. The smallest absolute Gasteiger partial charge is 0.261 e. The van der Waals surface area contributed by atoms with Crippen molar-refractivity contribution < 1.29 is 0 Å². The average Bonchev–Trinajstić information content (AvgIpc) is 2.84. The van der Waals surface area contributed by atoms with Crippen LogP contribution in [0.15, 0.2) is 41.3 Å². The van der Waals surface area contributed by atoms with E-state index < -0.39 is 0 Å². The molecular weight excluding hydrogens is 214 g/mol. The average molecular weight is 227 g/mol. The van der Waals surface area contributed by atoms with E-state index >= 15 is 0 Å². The molecule has 0 unspecified atom stereocenters. The van der Waals surface area contributed by atoms with Gasteiger partial charge in [-0.15, -0.1) is 0 Å². The van der Waals surface area contributed by atoms with Gasteiger partial charge in [-0.25, -0.2) is 4.52 Å². The van der Waals surface area contributed by atoms with E-state index in [1.807, 2.05) is 34.8 Å². The van der Waals surface area contributed by atoms with E-state index in [1.54, 1.807) is 10.8 Å². The first kappa shape index (κ1) is 10.1. The first-order valence-corrected chi connectivity index (χ1v) is 5.78. The van der Waals surface area contributed by atoms with Gasteiger partial charge >= 0.3 is 0 Å². The molecule has 86 valence electrons. The Morgan fingerprint density at radius 2 is 2.06 bits per heavy atom. The zero-order valence-electron chi connectivity index (χ0n) is 9.63. The van der Waals surface area contributed by atoms with Crippen molar-refractivity contribution in [1.29, 1.82) is 0 Å². The minimum Gasteiger partial charge on any atom is -0.293 e. The lowest BCUT2D eigenvalue weighted by Gasteiger charge is -2.09. The molecule has 0 fully saturated rings. The third-order valence-electron chi connectivity index (χ3n) is 2.95. The van der Waals surface area contributed by atoms with Gasteiger partial charge in [0.05, 0.1) is 17.1 Å². The van der Waals surface area contributed by atoms with Gasteiger partial charge in [0.1, 0.15) is 5.65 Å². The van der Waals surface area contributed by atoms with Crippen LogP contribution in [0.4, 0.5) is 0 Å². The minimum absolute atomic E-state index is 0.0652. The molecule has 1 aromatic carbocycles. The molecule has 0 saturated heterocycles. The van der Waals surface area contributed by atoms with Crippen LogP contribution in [0.25, 0.3) is 16.6 Å². The molecule has 4 heteroatoms. The molecule has 3 aromatic rings. The maximum atomic E-state index is 12.4. The summed E-state index contributed by atoms with van der Waals surface area (Å²) < 4.78 is 3.61. The molecule has 0 amide bonds. The molecule has 0 saturated carbocycles. The molecule has 3 rings (SSSR count). The summed E-state index contributed by atoms with van der Waals surface area (Å²) in [5.74, 6) is 0. The summed E-state index contributed by atoms with van der Waals surface area (Å²) in [5, 5.41) is 5.01. The molecule has 17 heavy (non-hydrogen) atoms. The third kappa shape index (κ3) is 1.37. The molecule has 0 aliphatic rings. The number of para-hydroxylation sites is 1. The normalized spacial score (nSPS) is 11.4. The van der Waals surface area contributed by atoms with Crippen molar-refractivity contribution in [1.82, 2.24) is 14.2 Å². The van der Waals surface area contributed by atoms with Gasteiger partial charge in [0.2, 0.25) is 0 Å². The Bertz CT molecular complexity index is 739. The predicted molar refractivity (Wildman–Crippen MR) is 67.2 cm³/mol. The maximum absolute atomic E-state index is 12.4. The molecule has 0 aliphatic carbocycles. The van der Waals surface area contributed by atoms with Crippen molar-refractivity contribution in [2.45, 2.75) is 19.9 Å². The van der Waals surface area contributed by atoms with Crippen LogP contribution in [-0.2, 0) is 6.54 Å². The Labute approximate surface area is 98.1 Å². The van der Waals surface area contributed by atoms with E-state index in [1.165, 1.54) is 0 Å². The summed E-state index contributed by atoms with van der Waals surface area (Å²) in [7, 11) is 0. The lowest BCUT2D eigenvalue weighted by molar-refractivity contribution is 0.666. The van der Waals surface area contributed by atoms with Crippen LogP contribution in [0.2, 0.25) is 0 Å². The van der Waals surface area contributed by atoms with E-state index in [0.717, 1.165) is 29.5 Å². The highest BCUT2D eigenvalue weighted by molar-refractivity contribution is 5.80. The van der Waals surface area contributed by atoms with Crippen LogP contribution >= 0.6 is 0 Å². The van der Waals surface area contributed by atoms with Gasteiger partial charge in [-0.2, -0.15) is 5.10 Å². The van der Waals surface area contributed by atoms with Crippen LogP contribution in [0.1, 0.15) is 13.3 Å². The van der Waals surface area contributed by atoms with Crippen molar-refractivity contribution in [3.05, 3.63) is 46.9 Å². The van der Waals surface area contributed by atoms with Gasteiger partial charge in [-0.3, -0.25) is 9.36 Å². The zero-order valence-corrected chi connectivity index (χ0v) is 9.63. The first-order valence-electron chi connectivity index (χ1n) is 5.78. The molecule has 0 spiro atoms. The van der Waals surface area contributed by atoms with Crippen LogP contribution in [0.3, 0.4) is 0 Å². The standard InChI is InChI=1S/C13H13N3O/c1-2-9-15-12-7-8-14-16(12)11-6-4-3-5-10(11)13(15)17/h3-8H,2,9H2,1H3. The molecule has 4 nitrogen and oxygen atoms in total. The van der Waals surface area contributed by atoms with E-state index in [2.05, 4.69) is 12.0 Å². The van der Waals surface area contributed by atoms with Crippen molar-refractivity contribution in [3.63, 3.8) is 0 Å². The van der Waals surface area contributed by atoms with E-state index in [0.29, 0.717) is 0 Å². The van der Waals surface area contributed by atoms with Crippen LogP contribution in [0, 0.1) is 0 Å². The van der Waals surface area contributed by atoms with Gasteiger partial charge in [-0.1, -0.05) is 19.1 Å². The first-order chi connectivity index (χ1) is 8.33. The fourth-order valence-electron chi connectivity index (χ4n) is 2.21. The van der Waals surface area contributed by atoms with E-state index in [-0.39, 0.29) is 5.56 Å². The fourth-order valence-corrected chi connectivity index (χ4v) is 2.21. The summed E-state index contributed by atoms with van der Waals surface area (Å²) in [4.78, 5) is 12.4. The highest BCUT2D eigenvalue weighted by Crippen LogP contribution is 2.12. The maximum Gasteiger partial charge on any atom is 0.261 e.